The summed E-state index contributed by atoms with van der Waals surface area (Å²) < 4.78 is 1.81. The van der Waals surface area contributed by atoms with Gasteiger partial charge in [0.25, 0.3) is 5.91 Å². The van der Waals surface area contributed by atoms with E-state index in [0.29, 0.717) is 6.54 Å². The van der Waals surface area contributed by atoms with Crippen molar-refractivity contribution < 1.29 is 14.7 Å². The van der Waals surface area contributed by atoms with E-state index in [1.165, 1.54) is 0 Å². The molecule has 0 bridgehead atoms. The predicted molar refractivity (Wildman–Crippen MR) is 119 cm³/mol. The number of rotatable bonds is 7. The lowest BCUT2D eigenvalue weighted by Gasteiger charge is -2.19. The van der Waals surface area contributed by atoms with Crippen LogP contribution in [0.5, 0.6) is 0 Å². The molecule has 156 valence electrons. The molecule has 31 heavy (non-hydrogen) atoms. The van der Waals surface area contributed by atoms with Gasteiger partial charge in [0.15, 0.2) is 5.69 Å². The van der Waals surface area contributed by atoms with Gasteiger partial charge in [-0.2, -0.15) is 5.10 Å². The highest BCUT2D eigenvalue weighted by Gasteiger charge is 2.23. The number of carboxylic acids is 1. The number of para-hydroxylation sites is 1. The normalized spacial score (nSPS) is 11.9. The van der Waals surface area contributed by atoms with Crippen molar-refractivity contribution in [2.24, 2.45) is 0 Å². The Labute approximate surface area is 180 Å². The summed E-state index contributed by atoms with van der Waals surface area (Å²) in [6.45, 7) is 2.44. The maximum Gasteiger partial charge on any atom is 0.305 e. The number of aliphatic carboxylic acids is 1. The maximum atomic E-state index is 13.2. The van der Waals surface area contributed by atoms with E-state index >= 15 is 0 Å². The molecule has 0 unspecified atom stereocenters. The molecule has 0 aliphatic heterocycles. The van der Waals surface area contributed by atoms with Crippen molar-refractivity contribution in [2.45, 2.75) is 25.9 Å². The number of aryl methyl sites for hydroxylation is 1. The van der Waals surface area contributed by atoms with Crippen LogP contribution in [0.15, 0.2) is 78.9 Å². The Kier molecular flexibility index (Phi) is 5.80. The van der Waals surface area contributed by atoms with E-state index in [9.17, 15) is 14.7 Å². The molecular weight excluding hydrogens is 390 g/mol. The van der Waals surface area contributed by atoms with Crippen molar-refractivity contribution in [3.05, 3.63) is 101 Å². The number of hydrogen-bond acceptors (Lipinski definition) is 3. The molecule has 6 heteroatoms. The van der Waals surface area contributed by atoms with Crippen molar-refractivity contribution in [3.63, 3.8) is 0 Å². The lowest BCUT2D eigenvalue weighted by molar-refractivity contribution is -0.137. The third kappa shape index (κ3) is 4.48. The number of hydrogen-bond donors (Lipinski definition) is 2. The molecule has 0 radical (unpaired) electrons. The zero-order valence-corrected chi connectivity index (χ0v) is 17.2. The lowest BCUT2D eigenvalue weighted by Crippen LogP contribution is -2.31. The Bertz CT molecular complexity index is 1230. The van der Waals surface area contributed by atoms with Gasteiger partial charge in [0.1, 0.15) is 0 Å². The van der Waals surface area contributed by atoms with Gasteiger partial charge in [0, 0.05) is 5.39 Å². The second-order valence-corrected chi connectivity index (χ2v) is 7.49. The lowest BCUT2D eigenvalue weighted by atomic mass is 9.98. The van der Waals surface area contributed by atoms with Gasteiger partial charge in [-0.1, -0.05) is 72.8 Å². The summed E-state index contributed by atoms with van der Waals surface area (Å²) in [7, 11) is 0. The van der Waals surface area contributed by atoms with Gasteiger partial charge in [-0.3, -0.25) is 14.3 Å². The van der Waals surface area contributed by atoms with Crippen LogP contribution in [0.2, 0.25) is 0 Å². The largest absolute Gasteiger partial charge is 0.481 e. The number of carbonyl (C=O) groups excluding carboxylic acids is 1. The van der Waals surface area contributed by atoms with Crippen molar-refractivity contribution in [2.75, 3.05) is 0 Å². The predicted octanol–water partition coefficient (Wildman–Crippen LogP) is 4.34. The summed E-state index contributed by atoms with van der Waals surface area (Å²) in [6, 6.07) is 24.3. The van der Waals surface area contributed by atoms with Crippen LogP contribution < -0.4 is 5.32 Å². The zero-order chi connectivity index (χ0) is 21.8. The first-order chi connectivity index (χ1) is 15.0. The molecule has 0 fully saturated rings. The molecule has 6 nitrogen and oxygen atoms in total. The van der Waals surface area contributed by atoms with Gasteiger partial charge in [0.05, 0.1) is 24.5 Å². The second kappa shape index (κ2) is 8.83. The highest BCUT2D eigenvalue weighted by molar-refractivity contribution is 6.05. The third-order valence-corrected chi connectivity index (χ3v) is 5.30. The topological polar surface area (TPSA) is 84.2 Å². The van der Waals surface area contributed by atoms with Gasteiger partial charge >= 0.3 is 5.97 Å². The molecule has 3 aromatic carbocycles. The second-order valence-electron chi connectivity index (χ2n) is 7.49. The third-order valence-electron chi connectivity index (χ3n) is 5.30. The zero-order valence-electron chi connectivity index (χ0n) is 17.2. The SMILES string of the molecule is Cc1ccccc1[C@H](CC(=O)O)NC(=O)c1nn(Cc2ccccc2)c2ccccc12. The van der Waals surface area contributed by atoms with E-state index in [4.69, 9.17) is 0 Å². The van der Waals surface area contributed by atoms with Crippen molar-refractivity contribution >= 4 is 22.8 Å². The highest BCUT2D eigenvalue weighted by Crippen LogP contribution is 2.24. The average Bonchev–Trinajstić information content (AvgIpc) is 3.13. The van der Waals surface area contributed by atoms with Gasteiger partial charge in [-0.05, 0) is 29.7 Å². The standard InChI is InChI=1S/C25H23N3O3/c1-17-9-5-6-12-19(17)21(15-23(29)30)26-25(31)24-20-13-7-8-14-22(20)28(27-24)16-18-10-3-2-4-11-18/h2-14,21H,15-16H2,1H3,(H,26,31)(H,29,30)/t21-/m0/s1. The number of carbonyl (C=O) groups is 2. The molecule has 1 heterocycles. The van der Waals surface area contributed by atoms with E-state index in [0.717, 1.165) is 27.6 Å². The minimum Gasteiger partial charge on any atom is -0.481 e. The minimum absolute atomic E-state index is 0.209. The summed E-state index contributed by atoms with van der Waals surface area (Å²) in [5.74, 6) is -1.37. The van der Waals surface area contributed by atoms with Crippen LogP contribution in [0.1, 0.15) is 39.6 Å². The number of fused-ring (bicyclic) bond motifs is 1. The highest BCUT2D eigenvalue weighted by atomic mass is 16.4. The van der Waals surface area contributed by atoms with E-state index in [2.05, 4.69) is 10.4 Å². The van der Waals surface area contributed by atoms with Gasteiger partial charge in [-0.25, -0.2) is 0 Å². The monoisotopic (exact) mass is 413 g/mol. The number of benzene rings is 3. The summed E-state index contributed by atoms with van der Waals surface area (Å²) in [5, 5.41) is 17.6. The van der Waals surface area contributed by atoms with Gasteiger partial charge < -0.3 is 10.4 Å². The smallest absolute Gasteiger partial charge is 0.305 e. The van der Waals surface area contributed by atoms with Crippen LogP contribution in [0.3, 0.4) is 0 Å². The number of amides is 1. The van der Waals surface area contributed by atoms with Crippen molar-refractivity contribution in [1.82, 2.24) is 15.1 Å². The number of aromatic nitrogens is 2. The molecule has 0 saturated carbocycles. The van der Waals surface area contributed by atoms with E-state index in [-0.39, 0.29) is 12.1 Å². The Balaban J connectivity index is 1.68. The van der Waals surface area contributed by atoms with Crippen LogP contribution in [0.25, 0.3) is 10.9 Å². The fourth-order valence-corrected chi connectivity index (χ4v) is 3.79. The summed E-state index contributed by atoms with van der Waals surface area (Å²) in [6.07, 6.45) is -0.209. The number of carboxylic acid groups (broad SMARTS) is 1. The van der Waals surface area contributed by atoms with Crippen LogP contribution >= 0.6 is 0 Å². The van der Waals surface area contributed by atoms with Crippen LogP contribution in [-0.2, 0) is 11.3 Å². The van der Waals surface area contributed by atoms with Crippen LogP contribution in [-0.4, -0.2) is 26.8 Å². The summed E-state index contributed by atoms with van der Waals surface area (Å²) >= 11 is 0. The molecule has 1 atom stereocenters. The molecule has 4 rings (SSSR count). The first kappa shape index (κ1) is 20.3. The molecular formula is C25H23N3O3. The van der Waals surface area contributed by atoms with Crippen LogP contribution in [0, 0.1) is 6.92 Å². The Morgan fingerprint density at radius 3 is 2.39 bits per heavy atom. The minimum atomic E-state index is -0.979. The first-order valence-electron chi connectivity index (χ1n) is 10.1. The molecule has 0 spiro atoms. The molecule has 4 aromatic rings. The molecule has 0 saturated heterocycles. The molecule has 0 aliphatic carbocycles. The Morgan fingerprint density at radius 1 is 0.968 bits per heavy atom. The fraction of sp³-hybridized carbons (Fsp3) is 0.160. The molecule has 0 aliphatic rings. The maximum absolute atomic E-state index is 13.2. The average molecular weight is 413 g/mol. The number of nitrogens with one attached hydrogen (secondary N) is 1. The molecule has 1 aromatic heterocycles. The first-order valence-corrected chi connectivity index (χ1v) is 10.1. The van der Waals surface area contributed by atoms with E-state index in [1.54, 1.807) is 4.68 Å². The van der Waals surface area contributed by atoms with E-state index in [1.807, 2.05) is 85.8 Å². The summed E-state index contributed by atoms with van der Waals surface area (Å²) in [5.41, 5.74) is 3.92. The molecule has 1 amide bonds. The molecule has 2 N–H and O–H groups in total. The Hall–Kier alpha value is -3.93. The van der Waals surface area contributed by atoms with Gasteiger partial charge in [-0.15, -0.1) is 0 Å². The van der Waals surface area contributed by atoms with Gasteiger partial charge in [0.2, 0.25) is 0 Å². The van der Waals surface area contributed by atoms with Crippen molar-refractivity contribution in [1.29, 1.82) is 0 Å². The quantitative estimate of drug-likeness (QED) is 0.472. The Morgan fingerprint density at radius 2 is 1.65 bits per heavy atom. The number of nitrogens with zero attached hydrogens (tertiary/aromatic N) is 2. The van der Waals surface area contributed by atoms with Crippen molar-refractivity contribution in [3.8, 4) is 0 Å². The van der Waals surface area contributed by atoms with Crippen LogP contribution in [0.4, 0.5) is 0 Å². The van der Waals surface area contributed by atoms with E-state index < -0.39 is 17.9 Å². The summed E-state index contributed by atoms with van der Waals surface area (Å²) in [4.78, 5) is 24.7. The fourth-order valence-electron chi connectivity index (χ4n) is 3.79.